The van der Waals surface area contributed by atoms with E-state index < -0.39 is 0 Å². The van der Waals surface area contributed by atoms with Crippen molar-refractivity contribution in [3.05, 3.63) is 119 Å². The zero-order valence-corrected chi connectivity index (χ0v) is 24.7. The molecule has 2 N–H and O–H groups in total. The second-order valence-electron chi connectivity index (χ2n) is 12.3. The standard InChI is InChI=1S/C38H38N2/c1-23-12-15-28(18-25(23)3)39-36-22-35-33-20-27(38(5,6)7)14-17-32(33)37(40-29-16-13-24(2)26(4)19-29)21-34(35)30-10-8-9-11-31(30)36/h8-22,39-40H,1-7H3. The van der Waals surface area contributed by atoms with E-state index in [0.29, 0.717) is 0 Å². The quantitative estimate of drug-likeness (QED) is 0.225. The Balaban J connectivity index is 1.64. The minimum atomic E-state index is 0.0510. The van der Waals surface area contributed by atoms with Crippen molar-refractivity contribution in [2.24, 2.45) is 0 Å². The average Bonchev–Trinajstić information content (AvgIpc) is 2.92. The van der Waals surface area contributed by atoms with Gasteiger partial charge in [-0.1, -0.05) is 69.3 Å². The lowest BCUT2D eigenvalue weighted by atomic mass is 9.84. The molecule has 0 bridgehead atoms. The fourth-order valence-corrected chi connectivity index (χ4v) is 5.62. The first-order chi connectivity index (χ1) is 19.1. The molecule has 0 aliphatic carbocycles. The van der Waals surface area contributed by atoms with Crippen molar-refractivity contribution in [2.75, 3.05) is 10.6 Å². The van der Waals surface area contributed by atoms with Crippen LogP contribution in [0.15, 0.2) is 91.0 Å². The average molecular weight is 523 g/mol. The molecule has 0 spiro atoms. The summed E-state index contributed by atoms with van der Waals surface area (Å²) in [5, 5.41) is 15.0. The van der Waals surface area contributed by atoms with Gasteiger partial charge in [0.1, 0.15) is 0 Å². The van der Waals surface area contributed by atoms with E-state index in [9.17, 15) is 0 Å². The van der Waals surface area contributed by atoms with Gasteiger partial charge in [0.15, 0.2) is 0 Å². The minimum Gasteiger partial charge on any atom is -0.355 e. The molecule has 0 unspecified atom stereocenters. The van der Waals surface area contributed by atoms with Crippen LogP contribution < -0.4 is 10.6 Å². The Bertz CT molecular complexity index is 1920. The molecule has 0 heterocycles. The largest absolute Gasteiger partial charge is 0.355 e. The molecule has 0 aliphatic rings. The monoisotopic (exact) mass is 522 g/mol. The smallest absolute Gasteiger partial charge is 0.0470 e. The molecular weight excluding hydrogens is 484 g/mol. The van der Waals surface area contributed by atoms with Crippen LogP contribution in [0.25, 0.3) is 32.3 Å². The molecule has 0 saturated heterocycles. The van der Waals surface area contributed by atoms with Crippen molar-refractivity contribution in [1.29, 1.82) is 0 Å². The molecule has 0 saturated carbocycles. The summed E-state index contributed by atoms with van der Waals surface area (Å²) in [5.41, 5.74) is 11.1. The predicted molar refractivity (Wildman–Crippen MR) is 176 cm³/mol. The SMILES string of the molecule is Cc1ccc(Nc2cc3c4cc(C(C)(C)C)ccc4c(Nc4ccc(C)c(C)c4)cc3c3ccccc23)cc1C. The molecule has 0 radical (unpaired) electrons. The second-order valence-corrected chi connectivity index (χ2v) is 12.3. The van der Waals surface area contributed by atoms with Gasteiger partial charge < -0.3 is 10.6 Å². The van der Waals surface area contributed by atoms with Crippen LogP contribution >= 0.6 is 0 Å². The summed E-state index contributed by atoms with van der Waals surface area (Å²) in [6, 6.07) is 33.6. The van der Waals surface area contributed by atoms with E-state index in [1.807, 2.05) is 0 Å². The van der Waals surface area contributed by atoms with Crippen molar-refractivity contribution >= 4 is 55.1 Å². The Hall–Kier alpha value is -4.30. The molecule has 0 fully saturated rings. The van der Waals surface area contributed by atoms with Gasteiger partial charge in [-0.25, -0.2) is 0 Å². The summed E-state index contributed by atoms with van der Waals surface area (Å²) >= 11 is 0. The summed E-state index contributed by atoms with van der Waals surface area (Å²) in [5.74, 6) is 0. The fourth-order valence-electron chi connectivity index (χ4n) is 5.62. The van der Waals surface area contributed by atoms with Gasteiger partial charge in [0.25, 0.3) is 0 Å². The van der Waals surface area contributed by atoms with E-state index in [-0.39, 0.29) is 5.41 Å². The van der Waals surface area contributed by atoms with Gasteiger partial charge in [-0.2, -0.15) is 0 Å². The molecule has 0 aromatic heterocycles. The van der Waals surface area contributed by atoms with E-state index >= 15 is 0 Å². The molecule has 6 aromatic rings. The summed E-state index contributed by atoms with van der Waals surface area (Å²) in [4.78, 5) is 0. The molecule has 0 aliphatic heterocycles. The summed E-state index contributed by atoms with van der Waals surface area (Å²) in [6.45, 7) is 15.5. The first kappa shape index (κ1) is 26.0. The van der Waals surface area contributed by atoms with Crippen LogP contribution in [0.2, 0.25) is 0 Å². The zero-order valence-electron chi connectivity index (χ0n) is 24.7. The van der Waals surface area contributed by atoms with E-state index in [1.54, 1.807) is 0 Å². The minimum absolute atomic E-state index is 0.0510. The summed E-state index contributed by atoms with van der Waals surface area (Å²) in [7, 11) is 0. The topological polar surface area (TPSA) is 24.1 Å². The number of rotatable bonds is 4. The number of anilines is 4. The van der Waals surface area contributed by atoms with Gasteiger partial charge in [-0.05, 0) is 125 Å². The number of hydrogen-bond acceptors (Lipinski definition) is 2. The van der Waals surface area contributed by atoms with Crippen molar-refractivity contribution in [2.45, 2.75) is 53.9 Å². The third-order valence-corrected chi connectivity index (χ3v) is 8.41. The van der Waals surface area contributed by atoms with Gasteiger partial charge in [-0.3, -0.25) is 0 Å². The summed E-state index contributed by atoms with van der Waals surface area (Å²) < 4.78 is 0. The highest BCUT2D eigenvalue weighted by Gasteiger charge is 2.18. The summed E-state index contributed by atoms with van der Waals surface area (Å²) in [6.07, 6.45) is 0. The van der Waals surface area contributed by atoms with Crippen molar-refractivity contribution < 1.29 is 0 Å². The Labute approximate surface area is 238 Å². The number of aryl methyl sites for hydroxylation is 4. The molecule has 6 rings (SSSR count). The number of hydrogen-bond donors (Lipinski definition) is 2. The van der Waals surface area contributed by atoms with Crippen LogP contribution in [-0.4, -0.2) is 0 Å². The van der Waals surface area contributed by atoms with Gasteiger partial charge in [0.05, 0.1) is 0 Å². The van der Waals surface area contributed by atoms with Crippen LogP contribution in [0, 0.1) is 27.7 Å². The Morgan fingerprint density at radius 2 is 0.900 bits per heavy atom. The van der Waals surface area contributed by atoms with Crippen molar-refractivity contribution in [1.82, 2.24) is 0 Å². The number of nitrogens with one attached hydrogen (secondary N) is 2. The molecule has 2 nitrogen and oxygen atoms in total. The predicted octanol–water partition coefficient (Wildman–Crippen LogP) is 11.2. The Morgan fingerprint density at radius 3 is 1.43 bits per heavy atom. The van der Waals surface area contributed by atoms with E-state index in [0.717, 1.165) is 22.7 Å². The van der Waals surface area contributed by atoms with Crippen LogP contribution in [-0.2, 0) is 5.41 Å². The lowest BCUT2D eigenvalue weighted by Crippen LogP contribution is -2.10. The first-order valence-electron chi connectivity index (χ1n) is 14.2. The van der Waals surface area contributed by atoms with E-state index in [1.165, 1.54) is 60.1 Å². The van der Waals surface area contributed by atoms with Crippen LogP contribution in [0.4, 0.5) is 22.7 Å². The van der Waals surface area contributed by atoms with Gasteiger partial charge in [0.2, 0.25) is 0 Å². The number of fused-ring (bicyclic) bond motifs is 5. The highest BCUT2D eigenvalue weighted by molar-refractivity contribution is 6.23. The normalized spacial score (nSPS) is 11.9. The highest BCUT2D eigenvalue weighted by Crippen LogP contribution is 2.42. The molecule has 2 heteroatoms. The molecule has 6 aromatic carbocycles. The van der Waals surface area contributed by atoms with Crippen LogP contribution in [0.5, 0.6) is 0 Å². The number of benzene rings is 6. The van der Waals surface area contributed by atoms with E-state index in [2.05, 4.69) is 150 Å². The zero-order chi connectivity index (χ0) is 28.2. The van der Waals surface area contributed by atoms with Gasteiger partial charge in [0, 0.05) is 33.5 Å². The van der Waals surface area contributed by atoms with Crippen molar-refractivity contribution in [3.8, 4) is 0 Å². The molecule has 200 valence electrons. The van der Waals surface area contributed by atoms with Crippen LogP contribution in [0.1, 0.15) is 48.6 Å². The maximum Gasteiger partial charge on any atom is 0.0470 e. The first-order valence-corrected chi connectivity index (χ1v) is 14.2. The molecule has 40 heavy (non-hydrogen) atoms. The third kappa shape index (κ3) is 4.69. The van der Waals surface area contributed by atoms with E-state index in [4.69, 9.17) is 0 Å². The Kier molecular flexibility index (Phi) is 6.30. The fraction of sp³-hybridized carbons (Fsp3) is 0.211. The highest BCUT2D eigenvalue weighted by atomic mass is 14.9. The van der Waals surface area contributed by atoms with Crippen molar-refractivity contribution in [3.63, 3.8) is 0 Å². The molecular formula is C38H38N2. The lowest BCUT2D eigenvalue weighted by Gasteiger charge is -2.22. The Morgan fingerprint density at radius 1 is 0.425 bits per heavy atom. The maximum absolute atomic E-state index is 3.78. The maximum atomic E-state index is 3.78. The lowest BCUT2D eigenvalue weighted by molar-refractivity contribution is 0.591. The second kappa shape index (κ2) is 9.71. The molecule has 0 amide bonds. The molecule has 0 atom stereocenters. The van der Waals surface area contributed by atoms with Crippen LogP contribution in [0.3, 0.4) is 0 Å². The van der Waals surface area contributed by atoms with Gasteiger partial charge in [-0.15, -0.1) is 0 Å². The van der Waals surface area contributed by atoms with Gasteiger partial charge >= 0.3 is 0 Å². The third-order valence-electron chi connectivity index (χ3n) is 8.41.